The lowest BCUT2D eigenvalue weighted by molar-refractivity contribution is -0.148. The third-order valence-electron chi connectivity index (χ3n) is 3.39. The predicted octanol–water partition coefficient (Wildman–Crippen LogP) is 3.19. The summed E-state index contributed by atoms with van der Waals surface area (Å²) in [5.74, 6) is -0.00892. The molecular formula is C15H20ClNO3S. The maximum atomic E-state index is 11.7. The van der Waals surface area contributed by atoms with Gasteiger partial charge in [0.2, 0.25) is 5.91 Å². The molecule has 6 heteroatoms. The van der Waals surface area contributed by atoms with Crippen molar-refractivity contribution in [3.8, 4) is 0 Å². The molecule has 116 valence electrons. The zero-order valence-electron chi connectivity index (χ0n) is 12.2. The fourth-order valence-corrected chi connectivity index (χ4v) is 2.48. The minimum Gasteiger partial charge on any atom is -0.481 e. The summed E-state index contributed by atoms with van der Waals surface area (Å²) in [5, 5.41) is 12.5. The van der Waals surface area contributed by atoms with E-state index in [9.17, 15) is 9.59 Å². The molecule has 0 heterocycles. The van der Waals surface area contributed by atoms with Crippen LogP contribution in [0, 0.1) is 5.41 Å². The number of carbonyl (C=O) groups is 2. The number of carbonyl (C=O) groups excluding carboxylic acids is 1. The second-order valence-corrected chi connectivity index (χ2v) is 6.54. The quantitative estimate of drug-likeness (QED) is 0.768. The standard InChI is InChI=1S/C15H20ClNO3S/c1-3-15(2,14(19)20)10-17-13(18)9-21-8-11-4-6-12(16)7-5-11/h4-7H,3,8-10H2,1-2H3,(H,17,18)(H,19,20). The van der Waals surface area contributed by atoms with Crippen molar-refractivity contribution in [1.82, 2.24) is 5.32 Å². The molecule has 0 radical (unpaired) electrons. The highest BCUT2D eigenvalue weighted by Gasteiger charge is 2.31. The molecule has 21 heavy (non-hydrogen) atoms. The predicted molar refractivity (Wildman–Crippen MR) is 86.7 cm³/mol. The number of benzene rings is 1. The first-order valence-corrected chi connectivity index (χ1v) is 8.23. The summed E-state index contributed by atoms with van der Waals surface area (Å²) in [6.07, 6.45) is 0.473. The second kappa shape index (κ2) is 8.29. The topological polar surface area (TPSA) is 66.4 Å². The van der Waals surface area contributed by atoms with Gasteiger partial charge >= 0.3 is 5.97 Å². The van der Waals surface area contributed by atoms with E-state index in [1.54, 1.807) is 13.8 Å². The van der Waals surface area contributed by atoms with Crippen LogP contribution in [0.2, 0.25) is 5.02 Å². The molecule has 0 spiro atoms. The summed E-state index contributed by atoms with van der Waals surface area (Å²) in [6.45, 7) is 3.59. The van der Waals surface area contributed by atoms with Crippen molar-refractivity contribution in [3.63, 3.8) is 0 Å². The molecule has 0 saturated heterocycles. The monoisotopic (exact) mass is 329 g/mol. The van der Waals surface area contributed by atoms with Gasteiger partial charge in [-0.05, 0) is 31.0 Å². The highest BCUT2D eigenvalue weighted by atomic mass is 35.5. The average molecular weight is 330 g/mol. The number of carboxylic acids is 1. The Bertz CT molecular complexity index is 492. The Balaban J connectivity index is 2.31. The summed E-state index contributed by atoms with van der Waals surface area (Å²) >= 11 is 7.28. The Kier molecular flexibility index (Phi) is 7.05. The van der Waals surface area contributed by atoms with Gasteiger partial charge in [-0.15, -0.1) is 11.8 Å². The normalized spacial score (nSPS) is 13.5. The molecule has 0 aliphatic rings. The van der Waals surface area contributed by atoms with Gasteiger partial charge in [-0.1, -0.05) is 30.7 Å². The van der Waals surface area contributed by atoms with E-state index in [0.29, 0.717) is 22.9 Å². The van der Waals surface area contributed by atoms with E-state index in [0.717, 1.165) is 5.56 Å². The number of rotatable bonds is 8. The van der Waals surface area contributed by atoms with Crippen LogP contribution in [0.4, 0.5) is 0 Å². The Morgan fingerprint density at radius 3 is 2.48 bits per heavy atom. The number of hydrogen-bond donors (Lipinski definition) is 2. The number of thioether (sulfide) groups is 1. The maximum absolute atomic E-state index is 11.7. The van der Waals surface area contributed by atoms with E-state index in [2.05, 4.69) is 5.32 Å². The van der Waals surface area contributed by atoms with Crippen molar-refractivity contribution < 1.29 is 14.7 Å². The van der Waals surface area contributed by atoms with E-state index in [4.69, 9.17) is 16.7 Å². The molecule has 4 nitrogen and oxygen atoms in total. The number of nitrogens with one attached hydrogen (secondary N) is 1. The van der Waals surface area contributed by atoms with Crippen molar-refractivity contribution >= 4 is 35.2 Å². The lowest BCUT2D eigenvalue weighted by Crippen LogP contribution is -2.41. The molecule has 2 N–H and O–H groups in total. The molecule has 0 fully saturated rings. The number of hydrogen-bond acceptors (Lipinski definition) is 3. The van der Waals surface area contributed by atoms with Crippen LogP contribution >= 0.6 is 23.4 Å². The van der Waals surface area contributed by atoms with E-state index in [1.165, 1.54) is 11.8 Å². The summed E-state index contributed by atoms with van der Waals surface area (Å²) in [6, 6.07) is 7.48. The molecule has 0 aromatic heterocycles. The van der Waals surface area contributed by atoms with Crippen LogP contribution in [0.3, 0.4) is 0 Å². The van der Waals surface area contributed by atoms with Crippen LogP contribution in [0.5, 0.6) is 0 Å². The molecule has 0 aliphatic heterocycles. The van der Waals surface area contributed by atoms with Crippen LogP contribution in [0.25, 0.3) is 0 Å². The molecule has 1 aromatic carbocycles. The molecular weight excluding hydrogens is 310 g/mol. The Morgan fingerprint density at radius 2 is 1.95 bits per heavy atom. The molecule has 1 unspecified atom stereocenters. The molecule has 0 aliphatic carbocycles. The first kappa shape index (κ1) is 17.9. The lowest BCUT2D eigenvalue weighted by Gasteiger charge is -2.23. The minimum absolute atomic E-state index is 0.144. The summed E-state index contributed by atoms with van der Waals surface area (Å²) in [5.41, 5.74) is 0.192. The van der Waals surface area contributed by atoms with E-state index < -0.39 is 11.4 Å². The molecule has 1 amide bonds. The minimum atomic E-state index is -0.906. The molecule has 1 aromatic rings. The van der Waals surface area contributed by atoms with Crippen LogP contribution in [0.15, 0.2) is 24.3 Å². The van der Waals surface area contributed by atoms with Crippen molar-refractivity contribution in [3.05, 3.63) is 34.9 Å². The summed E-state index contributed by atoms with van der Waals surface area (Å²) in [7, 11) is 0. The third kappa shape index (κ3) is 5.98. The Morgan fingerprint density at radius 1 is 1.33 bits per heavy atom. The van der Waals surface area contributed by atoms with Gasteiger partial charge in [0, 0.05) is 17.3 Å². The molecule has 1 atom stereocenters. The van der Waals surface area contributed by atoms with E-state index in [1.807, 2.05) is 24.3 Å². The van der Waals surface area contributed by atoms with Crippen molar-refractivity contribution in [2.24, 2.45) is 5.41 Å². The Hall–Kier alpha value is -1.20. The average Bonchev–Trinajstić information content (AvgIpc) is 2.46. The van der Waals surface area contributed by atoms with Gasteiger partial charge in [0.05, 0.1) is 11.2 Å². The fraction of sp³-hybridized carbons (Fsp3) is 0.467. The van der Waals surface area contributed by atoms with Crippen molar-refractivity contribution in [1.29, 1.82) is 0 Å². The van der Waals surface area contributed by atoms with Crippen molar-refractivity contribution in [2.75, 3.05) is 12.3 Å². The molecule has 0 bridgehead atoms. The van der Waals surface area contributed by atoms with Gasteiger partial charge in [-0.3, -0.25) is 9.59 Å². The van der Waals surface area contributed by atoms with Crippen LogP contribution in [-0.2, 0) is 15.3 Å². The second-order valence-electron chi connectivity index (χ2n) is 5.12. The van der Waals surface area contributed by atoms with Crippen molar-refractivity contribution in [2.45, 2.75) is 26.0 Å². The van der Waals surface area contributed by atoms with Gasteiger partial charge < -0.3 is 10.4 Å². The summed E-state index contributed by atoms with van der Waals surface area (Å²) < 4.78 is 0. The van der Waals surface area contributed by atoms with Gasteiger partial charge in [0.1, 0.15) is 0 Å². The van der Waals surface area contributed by atoms with Gasteiger partial charge in [0.15, 0.2) is 0 Å². The molecule has 1 rings (SSSR count). The first-order valence-electron chi connectivity index (χ1n) is 6.69. The maximum Gasteiger partial charge on any atom is 0.311 e. The third-order valence-corrected chi connectivity index (χ3v) is 4.64. The zero-order chi connectivity index (χ0) is 15.9. The smallest absolute Gasteiger partial charge is 0.311 e. The number of halogens is 1. The number of amides is 1. The van der Waals surface area contributed by atoms with Crippen LogP contribution in [0.1, 0.15) is 25.8 Å². The number of aliphatic carboxylic acids is 1. The summed E-state index contributed by atoms with van der Waals surface area (Å²) in [4.78, 5) is 22.9. The van der Waals surface area contributed by atoms with Gasteiger partial charge in [0.25, 0.3) is 0 Å². The first-order chi connectivity index (χ1) is 9.87. The largest absolute Gasteiger partial charge is 0.481 e. The SMILES string of the molecule is CCC(C)(CNC(=O)CSCc1ccc(Cl)cc1)C(=O)O. The van der Waals surface area contributed by atoms with Crippen LogP contribution < -0.4 is 5.32 Å². The highest BCUT2D eigenvalue weighted by Crippen LogP contribution is 2.20. The fourth-order valence-electron chi connectivity index (χ4n) is 1.54. The van der Waals surface area contributed by atoms with Gasteiger partial charge in [-0.25, -0.2) is 0 Å². The number of carboxylic acid groups (broad SMARTS) is 1. The van der Waals surface area contributed by atoms with Gasteiger partial charge in [-0.2, -0.15) is 0 Å². The van der Waals surface area contributed by atoms with Crippen LogP contribution in [-0.4, -0.2) is 29.3 Å². The lowest BCUT2D eigenvalue weighted by atomic mass is 9.88. The Labute approximate surface area is 134 Å². The highest BCUT2D eigenvalue weighted by molar-refractivity contribution is 7.99. The van der Waals surface area contributed by atoms with E-state index in [-0.39, 0.29) is 12.5 Å². The van der Waals surface area contributed by atoms with E-state index >= 15 is 0 Å². The molecule has 0 saturated carbocycles. The zero-order valence-corrected chi connectivity index (χ0v) is 13.8.